The molecule has 26 heavy (non-hydrogen) atoms. The molecule has 0 aliphatic carbocycles. The van der Waals surface area contributed by atoms with Crippen LogP contribution in [0, 0.1) is 0 Å². The van der Waals surface area contributed by atoms with E-state index in [1.807, 2.05) is 42.5 Å². The quantitative estimate of drug-likeness (QED) is 0.681. The number of methoxy groups -OCH3 is 1. The van der Waals surface area contributed by atoms with E-state index in [4.69, 9.17) is 4.74 Å². The van der Waals surface area contributed by atoms with Crippen LogP contribution in [-0.4, -0.2) is 28.2 Å². The monoisotopic (exact) mass is 349 g/mol. The lowest BCUT2D eigenvalue weighted by molar-refractivity contribution is 0.0944. The molecule has 1 aromatic carbocycles. The van der Waals surface area contributed by atoms with Gasteiger partial charge < -0.3 is 15.4 Å². The largest absolute Gasteiger partial charge is 0.496 e. The third kappa shape index (κ3) is 4.54. The second-order valence-corrected chi connectivity index (χ2v) is 5.47. The van der Waals surface area contributed by atoms with E-state index >= 15 is 0 Å². The molecular weight excluding hydrogens is 330 g/mol. The summed E-state index contributed by atoms with van der Waals surface area (Å²) in [6.07, 6.45) is 1.73. The Kier molecular flexibility index (Phi) is 5.72. The van der Waals surface area contributed by atoms with Crippen LogP contribution in [0.25, 0.3) is 0 Å². The molecule has 2 aromatic heterocycles. The number of hydrogen-bond donors (Lipinski definition) is 2. The highest BCUT2D eigenvalue weighted by Gasteiger charge is 2.09. The van der Waals surface area contributed by atoms with E-state index in [1.54, 1.807) is 25.4 Å². The zero-order chi connectivity index (χ0) is 18.2. The van der Waals surface area contributed by atoms with Gasteiger partial charge in [0, 0.05) is 18.3 Å². The Labute approximate surface area is 151 Å². The molecule has 3 rings (SSSR count). The van der Waals surface area contributed by atoms with Crippen LogP contribution in [0.15, 0.2) is 60.8 Å². The molecule has 0 fully saturated rings. The molecule has 0 atom stereocenters. The van der Waals surface area contributed by atoms with Crippen LogP contribution in [0.5, 0.6) is 5.75 Å². The number of hydrogen-bond acceptors (Lipinski definition) is 6. The summed E-state index contributed by atoms with van der Waals surface area (Å²) >= 11 is 0. The molecule has 7 nitrogen and oxygen atoms in total. The summed E-state index contributed by atoms with van der Waals surface area (Å²) in [5.41, 5.74) is 2.04. The fourth-order valence-corrected chi connectivity index (χ4v) is 2.35. The number of para-hydroxylation sites is 1. The Morgan fingerprint density at radius 1 is 1.00 bits per heavy atom. The fourth-order valence-electron chi connectivity index (χ4n) is 2.35. The summed E-state index contributed by atoms with van der Waals surface area (Å²) in [4.78, 5) is 16.4. The van der Waals surface area contributed by atoms with Gasteiger partial charge in [0.1, 0.15) is 11.6 Å². The second-order valence-electron chi connectivity index (χ2n) is 5.47. The van der Waals surface area contributed by atoms with Gasteiger partial charge >= 0.3 is 0 Å². The first kappa shape index (κ1) is 17.3. The third-order valence-electron chi connectivity index (χ3n) is 3.71. The third-order valence-corrected chi connectivity index (χ3v) is 3.71. The summed E-state index contributed by atoms with van der Waals surface area (Å²) in [5, 5.41) is 13.9. The Balaban J connectivity index is 1.55. The fraction of sp³-hybridized carbons (Fsp3) is 0.158. The number of carbonyl (C=O) groups excluding carboxylic acids is 1. The lowest BCUT2D eigenvalue weighted by Crippen LogP contribution is -2.24. The van der Waals surface area contributed by atoms with E-state index in [9.17, 15) is 4.79 Å². The van der Waals surface area contributed by atoms with Gasteiger partial charge in [0.05, 0.1) is 19.3 Å². The van der Waals surface area contributed by atoms with Gasteiger partial charge in [-0.2, -0.15) is 0 Å². The predicted molar refractivity (Wildman–Crippen MR) is 97.8 cm³/mol. The number of pyridine rings is 1. The number of benzene rings is 1. The van der Waals surface area contributed by atoms with Crippen molar-refractivity contribution < 1.29 is 9.53 Å². The highest BCUT2D eigenvalue weighted by Crippen LogP contribution is 2.16. The number of nitrogens with zero attached hydrogens (tertiary/aromatic N) is 3. The predicted octanol–water partition coefficient (Wildman–Crippen LogP) is 2.42. The molecule has 132 valence electrons. The topological polar surface area (TPSA) is 89.0 Å². The van der Waals surface area contributed by atoms with Crippen LogP contribution in [0.1, 0.15) is 21.7 Å². The molecule has 0 saturated carbocycles. The highest BCUT2D eigenvalue weighted by molar-refractivity contribution is 5.92. The molecule has 0 bridgehead atoms. The molecular formula is C19H19N5O2. The standard InChI is InChI=1S/C19H19N5O2/c1-26-17-8-3-2-6-14(17)12-22-19(25)16-9-10-18(24-23-16)21-13-15-7-4-5-11-20-15/h2-11H,12-13H2,1H3,(H,21,24)(H,22,25). The molecule has 0 saturated heterocycles. The van der Waals surface area contributed by atoms with Crippen LogP contribution in [0.2, 0.25) is 0 Å². The van der Waals surface area contributed by atoms with Gasteiger partial charge in [0.25, 0.3) is 5.91 Å². The lowest BCUT2D eigenvalue weighted by atomic mass is 10.2. The highest BCUT2D eigenvalue weighted by atomic mass is 16.5. The van der Waals surface area contributed by atoms with Crippen LogP contribution < -0.4 is 15.4 Å². The van der Waals surface area contributed by atoms with Crippen molar-refractivity contribution in [3.8, 4) is 5.75 Å². The Morgan fingerprint density at radius 2 is 1.85 bits per heavy atom. The molecule has 0 aliphatic heterocycles. The number of amides is 1. The van der Waals surface area contributed by atoms with E-state index < -0.39 is 0 Å². The number of ether oxygens (including phenoxy) is 1. The van der Waals surface area contributed by atoms with Gasteiger partial charge in [-0.25, -0.2) is 0 Å². The molecule has 0 unspecified atom stereocenters. The molecule has 0 radical (unpaired) electrons. The van der Waals surface area contributed by atoms with Gasteiger partial charge in [0.15, 0.2) is 5.69 Å². The van der Waals surface area contributed by atoms with Crippen molar-refractivity contribution in [1.29, 1.82) is 0 Å². The number of nitrogens with one attached hydrogen (secondary N) is 2. The minimum absolute atomic E-state index is 0.253. The van der Waals surface area contributed by atoms with Crippen LogP contribution in [0.3, 0.4) is 0 Å². The molecule has 0 spiro atoms. The maximum absolute atomic E-state index is 12.2. The normalized spacial score (nSPS) is 10.2. The Bertz CT molecular complexity index is 853. The zero-order valence-electron chi connectivity index (χ0n) is 14.3. The van der Waals surface area contributed by atoms with E-state index in [0.29, 0.717) is 18.9 Å². The first-order valence-corrected chi connectivity index (χ1v) is 8.14. The van der Waals surface area contributed by atoms with Crippen molar-refractivity contribution in [2.24, 2.45) is 0 Å². The van der Waals surface area contributed by atoms with E-state index in [-0.39, 0.29) is 11.6 Å². The minimum atomic E-state index is -0.292. The van der Waals surface area contributed by atoms with E-state index in [1.165, 1.54) is 0 Å². The van der Waals surface area contributed by atoms with E-state index in [2.05, 4.69) is 25.8 Å². The number of aromatic nitrogens is 3. The maximum atomic E-state index is 12.2. The van der Waals surface area contributed by atoms with E-state index in [0.717, 1.165) is 17.0 Å². The van der Waals surface area contributed by atoms with Gasteiger partial charge in [-0.3, -0.25) is 9.78 Å². The van der Waals surface area contributed by atoms with Crippen molar-refractivity contribution in [2.45, 2.75) is 13.1 Å². The summed E-state index contributed by atoms with van der Waals surface area (Å²) in [5.74, 6) is 1.02. The molecule has 1 amide bonds. The molecule has 7 heteroatoms. The molecule has 2 heterocycles. The average molecular weight is 349 g/mol. The van der Waals surface area contributed by atoms with Gasteiger partial charge in [0.2, 0.25) is 0 Å². The maximum Gasteiger partial charge on any atom is 0.272 e. The molecule has 2 N–H and O–H groups in total. The smallest absolute Gasteiger partial charge is 0.272 e. The van der Waals surface area contributed by atoms with Crippen LogP contribution in [-0.2, 0) is 13.1 Å². The van der Waals surface area contributed by atoms with Crippen LogP contribution in [0.4, 0.5) is 5.82 Å². The van der Waals surface area contributed by atoms with Crippen molar-refractivity contribution in [2.75, 3.05) is 12.4 Å². The summed E-state index contributed by atoms with van der Waals surface area (Å²) in [6, 6.07) is 16.6. The Hall–Kier alpha value is -3.48. The van der Waals surface area contributed by atoms with Crippen LogP contribution >= 0.6 is 0 Å². The SMILES string of the molecule is COc1ccccc1CNC(=O)c1ccc(NCc2ccccn2)nn1. The number of carbonyl (C=O) groups is 1. The minimum Gasteiger partial charge on any atom is -0.496 e. The number of anilines is 1. The van der Waals surface area contributed by atoms with Crippen molar-refractivity contribution >= 4 is 11.7 Å². The van der Waals surface area contributed by atoms with Crippen molar-refractivity contribution in [3.63, 3.8) is 0 Å². The van der Waals surface area contributed by atoms with Crippen molar-refractivity contribution in [1.82, 2.24) is 20.5 Å². The first-order chi connectivity index (χ1) is 12.8. The summed E-state index contributed by atoms with van der Waals surface area (Å²) in [6.45, 7) is 0.888. The van der Waals surface area contributed by atoms with Crippen molar-refractivity contribution in [3.05, 3.63) is 77.7 Å². The van der Waals surface area contributed by atoms with Gasteiger partial charge in [-0.1, -0.05) is 24.3 Å². The lowest BCUT2D eigenvalue weighted by Gasteiger charge is -2.09. The summed E-state index contributed by atoms with van der Waals surface area (Å²) < 4.78 is 5.27. The molecule has 3 aromatic rings. The average Bonchev–Trinajstić information content (AvgIpc) is 2.72. The van der Waals surface area contributed by atoms with Gasteiger partial charge in [-0.15, -0.1) is 10.2 Å². The molecule has 0 aliphatic rings. The second kappa shape index (κ2) is 8.57. The summed E-state index contributed by atoms with van der Waals surface area (Å²) in [7, 11) is 1.60. The zero-order valence-corrected chi connectivity index (χ0v) is 14.3. The Morgan fingerprint density at radius 3 is 2.58 bits per heavy atom. The number of rotatable bonds is 7. The first-order valence-electron chi connectivity index (χ1n) is 8.14. The van der Waals surface area contributed by atoms with Gasteiger partial charge in [-0.05, 0) is 30.3 Å².